The van der Waals surface area contributed by atoms with Crippen LogP contribution in [-0.2, 0) is 19.3 Å². The Morgan fingerprint density at radius 1 is 1.47 bits per heavy atom. The standard InChI is InChI=1S/C10H15NO4S2/c1-9(2)14-5-10(12,6-15-9)8-11-4-7(16-8)17-13-3/h4,12H,5-6H2,1-3H3. The van der Waals surface area contributed by atoms with E-state index < -0.39 is 11.4 Å². The van der Waals surface area contributed by atoms with E-state index in [4.69, 9.17) is 13.7 Å². The Labute approximate surface area is 108 Å². The van der Waals surface area contributed by atoms with Crippen molar-refractivity contribution in [2.45, 2.75) is 29.4 Å². The van der Waals surface area contributed by atoms with Crippen LogP contribution in [-0.4, -0.2) is 36.2 Å². The lowest BCUT2D eigenvalue weighted by Crippen LogP contribution is -2.49. The Hall–Kier alpha value is -0.180. The van der Waals surface area contributed by atoms with Crippen molar-refractivity contribution in [1.29, 1.82) is 0 Å². The van der Waals surface area contributed by atoms with Gasteiger partial charge in [0, 0.05) is 12.0 Å². The average molecular weight is 277 g/mol. The van der Waals surface area contributed by atoms with E-state index in [9.17, 15) is 5.11 Å². The second kappa shape index (κ2) is 4.83. The predicted molar refractivity (Wildman–Crippen MR) is 64.9 cm³/mol. The molecular weight excluding hydrogens is 262 g/mol. The smallest absolute Gasteiger partial charge is 0.163 e. The van der Waals surface area contributed by atoms with Crippen LogP contribution in [0.25, 0.3) is 0 Å². The first-order valence-electron chi connectivity index (χ1n) is 5.12. The first-order valence-corrected chi connectivity index (χ1v) is 6.68. The average Bonchev–Trinajstić information content (AvgIpc) is 2.73. The molecule has 0 unspecified atom stereocenters. The first-order chi connectivity index (χ1) is 7.95. The quantitative estimate of drug-likeness (QED) is 0.850. The summed E-state index contributed by atoms with van der Waals surface area (Å²) in [7, 11) is 1.59. The highest BCUT2D eigenvalue weighted by Gasteiger charge is 2.42. The maximum Gasteiger partial charge on any atom is 0.163 e. The number of ether oxygens (including phenoxy) is 2. The van der Waals surface area contributed by atoms with E-state index in [0.717, 1.165) is 4.21 Å². The van der Waals surface area contributed by atoms with Crippen molar-refractivity contribution in [2.24, 2.45) is 0 Å². The van der Waals surface area contributed by atoms with Gasteiger partial charge in [0.15, 0.2) is 11.4 Å². The molecule has 0 aliphatic carbocycles. The van der Waals surface area contributed by atoms with Gasteiger partial charge in [-0.2, -0.15) is 0 Å². The van der Waals surface area contributed by atoms with Crippen molar-refractivity contribution in [3.8, 4) is 0 Å². The molecule has 0 amide bonds. The van der Waals surface area contributed by atoms with Gasteiger partial charge in [-0.15, -0.1) is 11.3 Å². The van der Waals surface area contributed by atoms with Crippen LogP contribution in [0.15, 0.2) is 10.4 Å². The fourth-order valence-electron chi connectivity index (χ4n) is 1.39. The zero-order chi connectivity index (χ0) is 12.5. The van der Waals surface area contributed by atoms with E-state index in [2.05, 4.69) is 4.98 Å². The van der Waals surface area contributed by atoms with E-state index in [-0.39, 0.29) is 13.2 Å². The van der Waals surface area contributed by atoms with Crippen molar-refractivity contribution in [3.63, 3.8) is 0 Å². The monoisotopic (exact) mass is 277 g/mol. The maximum absolute atomic E-state index is 10.4. The van der Waals surface area contributed by atoms with Crippen LogP contribution in [0.5, 0.6) is 0 Å². The van der Waals surface area contributed by atoms with Gasteiger partial charge in [-0.05, 0) is 13.8 Å². The molecule has 0 aromatic carbocycles. The highest BCUT2D eigenvalue weighted by molar-refractivity contribution is 7.96. The summed E-state index contributed by atoms with van der Waals surface area (Å²) >= 11 is 2.60. The van der Waals surface area contributed by atoms with Crippen LogP contribution >= 0.6 is 23.4 Å². The van der Waals surface area contributed by atoms with Crippen molar-refractivity contribution >= 4 is 23.4 Å². The SMILES string of the molecule is COSc1cnc(C2(O)COC(C)(C)OC2)s1. The molecule has 5 nitrogen and oxygen atoms in total. The van der Waals surface area contributed by atoms with Gasteiger partial charge in [-0.3, -0.25) is 0 Å². The van der Waals surface area contributed by atoms with Gasteiger partial charge >= 0.3 is 0 Å². The van der Waals surface area contributed by atoms with E-state index in [0.29, 0.717) is 5.01 Å². The fourth-order valence-corrected chi connectivity index (χ4v) is 2.93. The normalized spacial score (nSPS) is 22.6. The highest BCUT2D eigenvalue weighted by Crippen LogP contribution is 2.35. The molecule has 0 saturated carbocycles. The van der Waals surface area contributed by atoms with Gasteiger partial charge in [-0.1, -0.05) is 0 Å². The zero-order valence-corrected chi connectivity index (χ0v) is 11.6. The summed E-state index contributed by atoms with van der Waals surface area (Å²) in [4.78, 5) is 4.19. The summed E-state index contributed by atoms with van der Waals surface area (Å²) in [6.45, 7) is 4.01. The minimum atomic E-state index is -1.16. The van der Waals surface area contributed by atoms with Gasteiger partial charge in [-0.25, -0.2) is 4.98 Å². The predicted octanol–water partition coefficient (Wildman–Crippen LogP) is 1.77. The Morgan fingerprint density at radius 3 is 2.71 bits per heavy atom. The lowest BCUT2D eigenvalue weighted by atomic mass is 10.1. The molecule has 7 heteroatoms. The lowest BCUT2D eigenvalue weighted by molar-refractivity contribution is -0.304. The Balaban J connectivity index is 2.10. The van der Waals surface area contributed by atoms with Crippen molar-refractivity contribution in [2.75, 3.05) is 20.3 Å². The number of hydrogen-bond acceptors (Lipinski definition) is 7. The minimum absolute atomic E-state index is 0.185. The molecule has 1 fully saturated rings. The first kappa shape index (κ1) is 13.3. The van der Waals surface area contributed by atoms with E-state index >= 15 is 0 Å². The summed E-state index contributed by atoms with van der Waals surface area (Å²) in [5, 5.41) is 11.0. The Morgan fingerprint density at radius 2 is 2.12 bits per heavy atom. The summed E-state index contributed by atoms with van der Waals surface area (Å²) in [5.41, 5.74) is -1.16. The molecule has 1 aliphatic heterocycles. The van der Waals surface area contributed by atoms with E-state index in [1.807, 2.05) is 13.8 Å². The molecule has 2 heterocycles. The molecule has 17 heavy (non-hydrogen) atoms. The van der Waals surface area contributed by atoms with Crippen LogP contribution in [0, 0.1) is 0 Å². The number of rotatable bonds is 3. The third-order valence-corrected chi connectivity index (χ3v) is 4.24. The minimum Gasteiger partial charge on any atom is -0.378 e. The largest absolute Gasteiger partial charge is 0.378 e. The number of aromatic nitrogens is 1. The third kappa shape index (κ3) is 2.98. The molecule has 2 rings (SSSR count). The van der Waals surface area contributed by atoms with Crippen LogP contribution < -0.4 is 0 Å². The molecule has 1 aromatic rings. The molecule has 0 bridgehead atoms. The molecule has 0 spiro atoms. The number of aliphatic hydroxyl groups is 1. The molecule has 96 valence electrons. The van der Waals surface area contributed by atoms with Crippen molar-refractivity contribution in [1.82, 2.24) is 4.98 Å². The van der Waals surface area contributed by atoms with Gasteiger partial charge in [0.05, 0.1) is 26.5 Å². The lowest BCUT2D eigenvalue weighted by Gasteiger charge is -2.39. The maximum atomic E-state index is 10.4. The number of hydrogen-bond donors (Lipinski definition) is 1. The third-order valence-electron chi connectivity index (χ3n) is 2.37. The number of nitrogens with zero attached hydrogens (tertiary/aromatic N) is 1. The van der Waals surface area contributed by atoms with Gasteiger partial charge in [0.2, 0.25) is 0 Å². The van der Waals surface area contributed by atoms with Crippen LogP contribution in [0.4, 0.5) is 0 Å². The summed E-state index contributed by atoms with van der Waals surface area (Å²) in [6, 6.07) is 0. The molecular formula is C10H15NO4S2. The molecule has 1 saturated heterocycles. The summed E-state index contributed by atoms with van der Waals surface area (Å²) < 4.78 is 16.7. The highest BCUT2D eigenvalue weighted by atomic mass is 32.2. The van der Waals surface area contributed by atoms with Gasteiger partial charge < -0.3 is 18.8 Å². The topological polar surface area (TPSA) is 60.8 Å². The second-order valence-corrected chi connectivity index (χ2v) is 6.47. The second-order valence-electron chi connectivity index (χ2n) is 4.24. The summed E-state index contributed by atoms with van der Waals surface area (Å²) in [6.07, 6.45) is 1.67. The zero-order valence-electron chi connectivity index (χ0n) is 9.93. The van der Waals surface area contributed by atoms with Crippen molar-refractivity contribution < 1.29 is 18.8 Å². The Kier molecular flexibility index (Phi) is 3.77. The van der Waals surface area contributed by atoms with Gasteiger partial charge in [0.1, 0.15) is 9.22 Å². The summed E-state index contributed by atoms with van der Waals surface area (Å²) in [5.74, 6) is -0.645. The fraction of sp³-hybridized carbons (Fsp3) is 0.700. The Bertz CT molecular complexity index is 383. The van der Waals surface area contributed by atoms with Gasteiger partial charge in [0.25, 0.3) is 0 Å². The van der Waals surface area contributed by atoms with E-state index in [1.165, 1.54) is 23.4 Å². The van der Waals surface area contributed by atoms with Crippen LogP contribution in [0.1, 0.15) is 18.9 Å². The number of thiazole rings is 1. The van der Waals surface area contributed by atoms with Crippen LogP contribution in [0.2, 0.25) is 0 Å². The molecule has 0 atom stereocenters. The molecule has 1 aromatic heterocycles. The molecule has 1 N–H and O–H groups in total. The molecule has 0 radical (unpaired) electrons. The van der Waals surface area contributed by atoms with E-state index in [1.54, 1.807) is 13.3 Å². The van der Waals surface area contributed by atoms with Crippen LogP contribution in [0.3, 0.4) is 0 Å². The van der Waals surface area contributed by atoms with Crippen molar-refractivity contribution in [3.05, 3.63) is 11.2 Å². The molecule has 1 aliphatic rings.